The van der Waals surface area contributed by atoms with E-state index in [2.05, 4.69) is 5.10 Å². The lowest BCUT2D eigenvalue weighted by Gasteiger charge is -2.26. The van der Waals surface area contributed by atoms with E-state index in [9.17, 15) is 12.8 Å². The predicted molar refractivity (Wildman–Crippen MR) is 89.8 cm³/mol. The zero-order valence-electron chi connectivity index (χ0n) is 14.0. The van der Waals surface area contributed by atoms with Gasteiger partial charge in [0.25, 0.3) is 0 Å². The number of hydrogen-bond donors (Lipinski definition) is 0. The molecule has 0 saturated carbocycles. The second kappa shape index (κ2) is 6.64. The van der Waals surface area contributed by atoms with Gasteiger partial charge in [-0.1, -0.05) is 24.6 Å². The van der Waals surface area contributed by atoms with Crippen molar-refractivity contribution < 1.29 is 12.8 Å². The van der Waals surface area contributed by atoms with E-state index in [1.165, 1.54) is 6.07 Å². The topological polar surface area (TPSA) is 55.2 Å². The van der Waals surface area contributed by atoms with Gasteiger partial charge in [0.2, 0.25) is 10.0 Å². The van der Waals surface area contributed by atoms with E-state index in [0.717, 1.165) is 19.3 Å². The van der Waals surface area contributed by atoms with Crippen molar-refractivity contribution in [1.29, 1.82) is 0 Å². The fraction of sp³-hybridized carbons (Fsp3) is 0.471. The summed E-state index contributed by atoms with van der Waals surface area (Å²) in [5.74, 6) is -0.314. The Morgan fingerprint density at radius 3 is 2.46 bits per heavy atom. The second-order valence-electron chi connectivity index (χ2n) is 6.21. The summed E-state index contributed by atoms with van der Waals surface area (Å²) in [6.07, 6.45) is 2.85. The van der Waals surface area contributed by atoms with Crippen LogP contribution in [0.15, 0.2) is 29.2 Å². The summed E-state index contributed by atoms with van der Waals surface area (Å²) in [6, 6.07) is 6.47. The van der Waals surface area contributed by atoms with Crippen LogP contribution >= 0.6 is 0 Å². The van der Waals surface area contributed by atoms with Crippen molar-refractivity contribution in [3.8, 4) is 0 Å². The second-order valence-corrected chi connectivity index (χ2v) is 8.09. The van der Waals surface area contributed by atoms with Crippen LogP contribution in [0, 0.1) is 19.7 Å². The number of aromatic nitrogens is 2. The third kappa shape index (κ3) is 3.10. The van der Waals surface area contributed by atoms with Gasteiger partial charge in [-0.3, -0.25) is 4.68 Å². The highest BCUT2D eigenvalue weighted by Gasteiger charge is 2.31. The van der Waals surface area contributed by atoms with Crippen LogP contribution in [0.3, 0.4) is 0 Å². The van der Waals surface area contributed by atoms with Gasteiger partial charge in [-0.25, -0.2) is 12.8 Å². The van der Waals surface area contributed by atoms with Crippen molar-refractivity contribution in [2.24, 2.45) is 0 Å². The number of rotatable bonds is 4. The summed E-state index contributed by atoms with van der Waals surface area (Å²) in [6.45, 7) is 4.76. The molecule has 1 saturated heterocycles. The molecule has 2 aromatic rings. The molecule has 130 valence electrons. The number of sulfonamides is 1. The van der Waals surface area contributed by atoms with E-state index < -0.39 is 10.0 Å². The average Bonchev–Trinajstić information content (AvgIpc) is 2.85. The summed E-state index contributed by atoms with van der Waals surface area (Å²) in [5.41, 5.74) is 1.51. The van der Waals surface area contributed by atoms with Crippen LogP contribution in [-0.2, 0) is 16.6 Å². The van der Waals surface area contributed by atoms with Crippen LogP contribution in [0.1, 0.15) is 36.2 Å². The lowest BCUT2D eigenvalue weighted by molar-refractivity contribution is 0.346. The molecule has 1 aliphatic rings. The van der Waals surface area contributed by atoms with Crippen LogP contribution < -0.4 is 0 Å². The quantitative estimate of drug-likeness (QED) is 0.851. The van der Waals surface area contributed by atoms with Crippen molar-refractivity contribution in [3.05, 3.63) is 47.0 Å². The Balaban J connectivity index is 1.96. The average molecular weight is 351 g/mol. The molecule has 7 heteroatoms. The van der Waals surface area contributed by atoms with Crippen molar-refractivity contribution >= 4 is 10.0 Å². The first-order valence-corrected chi connectivity index (χ1v) is 9.63. The molecule has 0 atom stereocenters. The Labute approximate surface area is 142 Å². The minimum atomic E-state index is -3.55. The number of aryl methyl sites for hydroxylation is 1. The molecule has 0 unspecified atom stereocenters. The molecule has 0 aliphatic carbocycles. The SMILES string of the molecule is Cc1nn(Cc2ccccc2F)c(C)c1S(=O)(=O)N1CCCCC1. The van der Waals surface area contributed by atoms with E-state index in [4.69, 9.17) is 0 Å². The molecule has 1 fully saturated rings. The van der Waals surface area contributed by atoms with Gasteiger partial charge in [-0.05, 0) is 32.8 Å². The minimum Gasteiger partial charge on any atom is -0.264 e. The molecular formula is C17H22FN3O2S. The molecule has 5 nitrogen and oxygen atoms in total. The van der Waals surface area contributed by atoms with Crippen LogP contribution in [0.5, 0.6) is 0 Å². The third-order valence-corrected chi connectivity index (χ3v) is 6.66. The first-order valence-electron chi connectivity index (χ1n) is 8.19. The Kier molecular flexibility index (Phi) is 4.73. The van der Waals surface area contributed by atoms with Gasteiger partial charge in [0.05, 0.1) is 17.9 Å². The summed E-state index contributed by atoms with van der Waals surface area (Å²) in [4.78, 5) is 0.265. The molecule has 0 amide bonds. The maximum atomic E-state index is 13.9. The lowest BCUT2D eigenvalue weighted by atomic mass is 10.2. The van der Waals surface area contributed by atoms with E-state index in [1.807, 2.05) is 0 Å². The number of hydrogen-bond acceptors (Lipinski definition) is 3. The van der Waals surface area contributed by atoms with Crippen LogP contribution in [0.2, 0.25) is 0 Å². The smallest absolute Gasteiger partial charge is 0.246 e. The van der Waals surface area contributed by atoms with Crippen molar-refractivity contribution in [1.82, 2.24) is 14.1 Å². The van der Waals surface area contributed by atoms with E-state index in [-0.39, 0.29) is 17.3 Å². The molecule has 0 N–H and O–H groups in total. The Morgan fingerprint density at radius 1 is 1.12 bits per heavy atom. The standard InChI is InChI=1S/C17H22FN3O2S/c1-13-17(24(22,23)20-10-6-3-7-11-20)14(2)21(19-13)12-15-8-4-5-9-16(15)18/h4-5,8-9H,3,6-7,10-12H2,1-2H3. The first kappa shape index (κ1) is 17.1. The number of piperidine rings is 1. The molecular weight excluding hydrogens is 329 g/mol. The molecule has 1 aromatic carbocycles. The van der Waals surface area contributed by atoms with Crippen molar-refractivity contribution in [3.63, 3.8) is 0 Å². The molecule has 3 rings (SSSR count). The highest BCUT2D eigenvalue weighted by molar-refractivity contribution is 7.89. The van der Waals surface area contributed by atoms with Gasteiger partial charge in [0.1, 0.15) is 10.7 Å². The Bertz CT molecular complexity index is 840. The number of nitrogens with zero attached hydrogens (tertiary/aromatic N) is 3. The van der Waals surface area contributed by atoms with Gasteiger partial charge in [-0.15, -0.1) is 0 Å². The molecule has 0 bridgehead atoms. The molecule has 0 spiro atoms. The van der Waals surface area contributed by atoms with E-state index >= 15 is 0 Å². The fourth-order valence-corrected chi connectivity index (χ4v) is 5.12. The van der Waals surface area contributed by atoms with E-state index in [0.29, 0.717) is 30.0 Å². The maximum absolute atomic E-state index is 13.9. The zero-order valence-corrected chi connectivity index (χ0v) is 14.8. The third-order valence-electron chi connectivity index (χ3n) is 4.51. The maximum Gasteiger partial charge on any atom is 0.246 e. The summed E-state index contributed by atoms with van der Waals surface area (Å²) in [5, 5.41) is 4.35. The Morgan fingerprint density at radius 2 is 1.79 bits per heavy atom. The molecule has 1 aliphatic heterocycles. The Hall–Kier alpha value is -1.73. The van der Waals surface area contributed by atoms with Gasteiger partial charge < -0.3 is 0 Å². The molecule has 0 radical (unpaired) electrons. The van der Waals surface area contributed by atoms with E-state index in [1.54, 1.807) is 41.0 Å². The first-order chi connectivity index (χ1) is 11.4. The molecule has 24 heavy (non-hydrogen) atoms. The van der Waals surface area contributed by atoms with Gasteiger partial charge in [0, 0.05) is 18.7 Å². The van der Waals surface area contributed by atoms with Crippen LogP contribution in [0.4, 0.5) is 4.39 Å². The minimum absolute atomic E-state index is 0.217. The largest absolute Gasteiger partial charge is 0.264 e. The van der Waals surface area contributed by atoms with Crippen LogP contribution in [0.25, 0.3) is 0 Å². The van der Waals surface area contributed by atoms with Gasteiger partial charge in [0.15, 0.2) is 0 Å². The summed E-state index contributed by atoms with van der Waals surface area (Å²) >= 11 is 0. The van der Waals surface area contributed by atoms with Gasteiger partial charge in [-0.2, -0.15) is 9.40 Å². The lowest BCUT2D eigenvalue weighted by Crippen LogP contribution is -2.36. The summed E-state index contributed by atoms with van der Waals surface area (Å²) < 4.78 is 42.9. The predicted octanol–water partition coefficient (Wildman–Crippen LogP) is 2.86. The van der Waals surface area contributed by atoms with Gasteiger partial charge >= 0.3 is 0 Å². The fourth-order valence-electron chi connectivity index (χ4n) is 3.23. The highest BCUT2D eigenvalue weighted by atomic mass is 32.2. The van der Waals surface area contributed by atoms with Crippen LogP contribution in [-0.4, -0.2) is 35.6 Å². The molecule has 1 aromatic heterocycles. The monoisotopic (exact) mass is 351 g/mol. The zero-order chi connectivity index (χ0) is 17.3. The van der Waals surface area contributed by atoms with Crippen molar-refractivity contribution in [2.45, 2.75) is 44.6 Å². The summed E-state index contributed by atoms with van der Waals surface area (Å²) in [7, 11) is -3.55. The normalized spacial score (nSPS) is 16.5. The molecule has 2 heterocycles. The number of halogens is 1. The highest BCUT2D eigenvalue weighted by Crippen LogP contribution is 2.26. The van der Waals surface area contributed by atoms with Crippen molar-refractivity contribution in [2.75, 3.05) is 13.1 Å². The number of benzene rings is 1.